The largest absolute Gasteiger partial charge is 0.502 e. The van der Waals surface area contributed by atoms with Crippen LogP contribution in [0.15, 0.2) is 18.2 Å². The minimum Gasteiger partial charge on any atom is -0.502 e. The summed E-state index contributed by atoms with van der Waals surface area (Å²) in [5.74, 6) is -2.52. The fraction of sp³-hybridized carbons (Fsp3) is 0.200. The molecular formula is C10H9NO6. The highest BCUT2D eigenvalue weighted by molar-refractivity contribution is 6.00. The van der Waals surface area contributed by atoms with Gasteiger partial charge >= 0.3 is 11.7 Å². The fourth-order valence-corrected chi connectivity index (χ4v) is 1.26. The number of benzene rings is 1. The molecule has 0 aliphatic heterocycles. The van der Waals surface area contributed by atoms with Crippen LogP contribution in [-0.4, -0.2) is 26.9 Å². The van der Waals surface area contributed by atoms with Crippen molar-refractivity contribution < 1.29 is 24.7 Å². The number of aromatic hydroxyl groups is 1. The molecule has 0 heterocycles. The number of carboxylic acid groups (broad SMARTS) is 1. The highest BCUT2D eigenvalue weighted by Crippen LogP contribution is 2.30. The van der Waals surface area contributed by atoms with Crippen LogP contribution in [-0.2, 0) is 4.79 Å². The van der Waals surface area contributed by atoms with E-state index in [0.717, 1.165) is 6.07 Å². The summed E-state index contributed by atoms with van der Waals surface area (Å²) in [5.41, 5.74) is -0.813. The van der Waals surface area contributed by atoms with E-state index >= 15 is 0 Å². The molecule has 2 N–H and O–H groups in total. The van der Waals surface area contributed by atoms with E-state index in [-0.39, 0.29) is 18.4 Å². The smallest absolute Gasteiger partial charge is 0.311 e. The Bertz CT molecular complexity index is 482. The van der Waals surface area contributed by atoms with Crippen LogP contribution in [0.3, 0.4) is 0 Å². The number of ketones is 1. The van der Waals surface area contributed by atoms with Crippen LogP contribution in [0.2, 0.25) is 0 Å². The van der Waals surface area contributed by atoms with Gasteiger partial charge in [0.25, 0.3) is 0 Å². The van der Waals surface area contributed by atoms with Crippen molar-refractivity contribution in [2.45, 2.75) is 12.8 Å². The monoisotopic (exact) mass is 239 g/mol. The number of rotatable bonds is 5. The van der Waals surface area contributed by atoms with Gasteiger partial charge in [0, 0.05) is 12.5 Å². The molecule has 90 valence electrons. The third kappa shape index (κ3) is 3.00. The number of para-hydroxylation sites is 1. The van der Waals surface area contributed by atoms with Crippen LogP contribution < -0.4 is 0 Å². The van der Waals surface area contributed by atoms with Crippen molar-refractivity contribution in [2.24, 2.45) is 0 Å². The number of hydrogen-bond donors (Lipinski definition) is 2. The summed E-state index contributed by atoms with van der Waals surface area (Å²) >= 11 is 0. The normalized spacial score (nSPS) is 9.88. The molecule has 0 saturated carbocycles. The van der Waals surface area contributed by atoms with E-state index < -0.39 is 28.1 Å². The molecule has 0 aliphatic rings. The maximum Gasteiger partial charge on any atom is 0.311 e. The summed E-state index contributed by atoms with van der Waals surface area (Å²) in [6.07, 6.45) is -0.703. The van der Waals surface area contributed by atoms with Crippen molar-refractivity contribution in [1.82, 2.24) is 0 Å². The predicted molar refractivity (Wildman–Crippen MR) is 56.0 cm³/mol. The van der Waals surface area contributed by atoms with Gasteiger partial charge in [0.05, 0.1) is 16.9 Å². The van der Waals surface area contributed by atoms with Crippen molar-refractivity contribution in [3.8, 4) is 5.75 Å². The second-order valence-electron chi connectivity index (χ2n) is 3.25. The van der Waals surface area contributed by atoms with E-state index in [0.29, 0.717) is 0 Å². The van der Waals surface area contributed by atoms with Gasteiger partial charge in [-0.05, 0) is 6.07 Å². The Kier molecular flexibility index (Phi) is 3.76. The summed E-state index contributed by atoms with van der Waals surface area (Å²) in [4.78, 5) is 31.5. The van der Waals surface area contributed by atoms with Crippen LogP contribution in [0.25, 0.3) is 0 Å². The minimum absolute atomic E-state index is 0.236. The SMILES string of the molecule is O=C(O)CCC(=O)c1cccc([N+](=O)[O-])c1O. The first-order chi connectivity index (χ1) is 7.93. The highest BCUT2D eigenvalue weighted by atomic mass is 16.6. The average molecular weight is 239 g/mol. The highest BCUT2D eigenvalue weighted by Gasteiger charge is 2.20. The van der Waals surface area contributed by atoms with E-state index in [1.165, 1.54) is 12.1 Å². The molecule has 1 aromatic carbocycles. The lowest BCUT2D eigenvalue weighted by Crippen LogP contribution is -2.04. The number of phenols is 1. The van der Waals surface area contributed by atoms with Gasteiger partial charge in [0.1, 0.15) is 0 Å². The molecule has 0 aromatic heterocycles. The standard InChI is InChI=1S/C10H9NO6/c12-8(4-5-9(13)14)6-2-1-3-7(10(6)15)11(16)17/h1-3,15H,4-5H2,(H,13,14). The van der Waals surface area contributed by atoms with Crippen molar-refractivity contribution in [3.05, 3.63) is 33.9 Å². The first-order valence-corrected chi connectivity index (χ1v) is 4.65. The Hall–Kier alpha value is -2.44. The lowest BCUT2D eigenvalue weighted by Gasteiger charge is -2.02. The Labute approximate surface area is 95.5 Å². The molecule has 17 heavy (non-hydrogen) atoms. The van der Waals surface area contributed by atoms with E-state index in [9.17, 15) is 24.8 Å². The van der Waals surface area contributed by atoms with E-state index in [1.807, 2.05) is 0 Å². The third-order valence-electron chi connectivity index (χ3n) is 2.08. The summed E-state index contributed by atoms with van der Waals surface area (Å²) in [5, 5.41) is 28.4. The van der Waals surface area contributed by atoms with E-state index in [2.05, 4.69) is 0 Å². The lowest BCUT2D eigenvalue weighted by molar-refractivity contribution is -0.385. The molecule has 7 nitrogen and oxygen atoms in total. The fourth-order valence-electron chi connectivity index (χ4n) is 1.26. The van der Waals surface area contributed by atoms with Gasteiger partial charge < -0.3 is 10.2 Å². The van der Waals surface area contributed by atoms with Crippen molar-refractivity contribution >= 4 is 17.4 Å². The van der Waals surface area contributed by atoms with Gasteiger partial charge in [-0.2, -0.15) is 0 Å². The summed E-state index contributed by atoms with van der Waals surface area (Å²) < 4.78 is 0. The summed E-state index contributed by atoms with van der Waals surface area (Å²) in [6.45, 7) is 0. The van der Waals surface area contributed by atoms with Crippen LogP contribution in [0, 0.1) is 10.1 Å². The molecule has 0 unspecified atom stereocenters. The second kappa shape index (κ2) is 5.06. The zero-order valence-corrected chi connectivity index (χ0v) is 8.62. The first-order valence-electron chi connectivity index (χ1n) is 4.65. The number of carbonyl (C=O) groups is 2. The molecule has 0 spiro atoms. The van der Waals surface area contributed by atoms with Gasteiger partial charge in [-0.3, -0.25) is 19.7 Å². The average Bonchev–Trinajstić information content (AvgIpc) is 2.25. The molecule has 0 amide bonds. The number of nitro benzene ring substituents is 1. The van der Waals surface area contributed by atoms with E-state index in [4.69, 9.17) is 5.11 Å². The number of Topliss-reactive ketones (excluding diaryl/α,β-unsaturated/α-hetero) is 1. The number of nitrogens with zero attached hydrogens (tertiary/aromatic N) is 1. The Morgan fingerprint density at radius 2 is 1.94 bits per heavy atom. The second-order valence-corrected chi connectivity index (χ2v) is 3.25. The zero-order valence-electron chi connectivity index (χ0n) is 8.62. The van der Waals surface area contributed by atoms with Crippen LogP contribution in [0.5, 0.6) is 5.75 Å². The third-order valence-corrected chi connectivity index (χ3v) is 2.08. The summed E-state index contributed by atoms with van der Waals surface area (Å²) in [7, 11) is 0. The van der Waals surface area contributed by atoms with Gasteiger partial charge in [-0.1, -0.05) is 6.07 Å². The molecule has 0 saturated heterocycles. The molecule has 0 radical (unpaired) electrons. The van der Waals surface area contributed by atoms with Crippen molar-refractivity contribution in [3.63, 3.8) is 0 Å². The molecule has 1 aromatic rings. The molecular weight excluding hydrogens is 230 g/mol. The van der Waals surface area contributed by atoms with E-state index in [1.54, 1.807) is 0 Å². The molecule has 0 atom stereocenters. The van der Waals surface area contributed by atoms with Crippen LogP contribution in [0.4, 0.5) is 5.69 Å². The molecule has 0 fully saturated rings. The molecule has 7 heteroatoms. The quantitative estimate of drug-likeness (QED) is 0.454. The van der Waals surface area contributed by atoms with Crippen LogP contribution in [0.1, 0.15) is 23.2 Å². The minimum atomic E-state index is -1.15. The van der Waals surface area contributed by atoms with Crippen molar-refractivity contribution in [2.75, 3.05) is 0 Å². The predicted octanol–water partition coefficient (Wildman–Crippen LogP) is 1.35. The van der Waals surface area contributed by atoms with Gasteiger partial charge in [0.15, 0.2) is 5.78 Å². The topological polar surface area (TPSA) is 118 Å². The van der Waals surface area contributed by atoms with Gasteiger partial charge in [-0.25, -0.2) is 0 Å². The zero-order chi connectivity index (χ0) is 13.0. The number of aliphatic carboxylic acids is 1. The Morgan fingerprint density at radius 3 is 2.47 bits per heavy atom. The van der Waals surface area contributed by atoms with Gasteiger partial charge in [-0.15, -0.1) is 0 Å². The Morgan fingerprint density at radius 1 is 1.29 bits per heavy atom. The van der Waals surface area contributed by atoms with Gasteiger partial charge in [0.2, 0.25) is 5.75 Å². The van der Waals surface area contributed by atoms with Crippen molar-refractivity contribution in [1.29, 1.82) is 0 Å². The summed E-state index contributed by atoms with van der Waals surface area (Å²) in [6, 6.07) is 3.53. The number of carbonyl (C=O) groups excluding carboxylic acids is 1. The maximum absolute atomic E-state index is 11.5. The Balaban J connectivity index is 2.98. The molecule has 1 rings (SSSR count). The number of nitro groups is 1. The maximum atomic E-state index is 11.5. The molecule has 0 aliphatic carbocycles. The first kappa shape index (κ1) is 12.6. The number of phenolic OH excluding ortho intramolecular Hbond substituents is 1. The lowest BCUT2D eigenvalue weighted by atomic mass is 10.0. The molecule has 0 bridgehead atoms. The van der Waals surface area contributed by atoms with Crippen LogP contribution >= 0.6 is 0 Å². The number of carboxylic acids is 1. The number of hydrogen-bond acceptors (Lipinski definition) is 5.